The van der Waals surface area contributed by atoms with Crippen LogP contribution in [0.2, 0.25) is 0 Å². The first-order valence-electron chi connectivity index (χ1n) is 6.56. The van der Waals surface area contributed by atoms with Crippen LogP contribution in [0.25, 0.3) is 0 Å². The maximum Gasteiger partial charge on any atom is 0.238 e. The van der Waals surface area contributed by atoms with Gasteiger partial charge in [-0.05, 0) is 42.9 Å². The number of carbonyl (C=O) groups is 1. The molecular weight excluding hydrogens is 226 g/mol. The molecule has 1 heterocycles. The highest BCUT2D eigenvalue weighted by molar-refractivity contribution is 5.83. The van der Waals surface area contributed by atoms with E-state index in [4.69, 9.17) is 5.73 Å². The molecule has 4 nitrogen and oxygen atoms in total. The third kappa shape index (κ3) is 4.92. The molecule has 1 unspecified atom stereocenters. The Kier molecular flexibility index (Phi) is 5.41. The lowest BCUT2D eigenvalue weighted by atomic mass is 9.76. The summed E-state index contributed by atoms with van der Waals surface area (Å²) in [5, 5.41) is 0. The van der Waals surface area contributed by atoms with Crippen molar-refractivity contribution < 1.29 is 4.79 Å². The van der Waals surface area contributed by atoms with Gasteiger partial charge < -0.3 is 5.73 Å². The summed E-state index contributed by atoms with van der Waals surface area (Å²) in [6.45, 7) is 7.30. The molecule has 1 aromatic rings. The summed E-state index contributed by atoms with van der Waals surface area (Å²) in [6.07, 6.45) is 6.03. The van der Waals surface area contributed by atoms with Gasteiger partial charge in [0.2, 0.25) is 5.91 Å². The lowest BCUT2D eigenvalue weighted by Gasteiger charge is -2.30. The first kappa shape index (κ1) is 14.8. The Hall–Kier alpha value is -1.29. The standard InChI is InChI=1S/C14H25N3O/c1-14(2,3)12(8-9-15)6-7-13(18)16-17-10-4-5-11-17/h4-5,10-12H,6-9,15H2,1-3H3,(H,16,18). The number of nitrogens with zero attached hydrogens (tertiary/aromatic N) is 1. The summed E-state index contributed by atoms with van der Waals surface area (Å²) < 4.78 is 1.68. The normalized spacial score (nSPS) is 13.3. The molecular formula is C14H25N3O. The fourth-order valence-corrected chi connectivity index (χ4v) is 2.13. The van der Waals surface area contributed by atoms with Crippen LogP contribution in [0, 0.1) is 11.3 Å². The van der Waals surface area contributed by atoms with E-state index in [0.717, 1.165) is 12.8 Å². The van der Waals surface area contributed by atoms with Crippen LogP contribution < -0.4 is 11.2 Å². The molecule has 0 spiro atoms. The summed E-state index contributed by atoms with van der Waals surface area (Å²) >= 11 is 0. The molecule has 0 bridgehead atoms. The Balaban J connectivity index is 2.40. The van der Waals surface area contributed by atoms with Gasteiger partial charge in [0.25, 0.3) is 0 Å². The summed E-state index contributed by atoms with van der Waals surface area (Å²) in [6, 6.07) is 3.76. The first-order valence-corrected chi connectivity index (χ1v) is 6.56. The van der Waals surface area contributed by atoms with Crippen LogP contribution in [0.3, 0.4) is 0 Å². The SMILES string of the molecule is CC(C)(C)C(CCN)CCC(=O)Nn1cccc1. The van der Waals surface area contributed by atoms with Gasteiger partial charge in [0.15, 0.2) is 0 Å². The van der Waals surface area contributed by atoms with E-state index in [-0.39, 0.29) is 11.3 Å². The highest BCUT2D eigenvalue weighted by atomic mass is 16.2. The van der Waals surface area contributed by atoms with Crippen molar-refractivity contribution in [3.05, 3.63) is 24.5 Å². The topological polar surface area (TPSA) is 60.1 Å². The average Bonchev–Trinajstić information content (AvgIpc) is 2.75. The lowest BCUT2D eigenvalue weighted by molar-refractivity contribution is -0.117. The maximum absolute atomic E-state index is 11.8. The number of carbonyl (C=O) groups excluding carboxylic acids is 1. The largest absolute Gasteiger partial charge is 0.330 e. The van der Waals surface area contributed by atoms with Gasteiger partial charge in [0, 0.05) is 18.8 Å². The van der Waals surface area contributed by atoms with Crippen molar-refractivity contribution in [2.24, 2.45) is 17.1 Å². The van der Waals surface area contributed by atoms with E-state index in [1.165, 1.54) is 0 Å². The number of nitrogens with one attached hydrogen (secondary N) is 1. The van der Waals surface area contributed by atoms with Gasteiger partial charge in [-0.15, -0.1) is 0 Å². The van der Waals surface area contributed by atoms with Gasteiger partial charge >= 0.3 is 0 Å². The van der Waals surface area contributed by atoms with Crippen molar-refractivity contribution in [2.75, 3.05) is 12.0 Å². The fourth-order valence-electron chi connectivity index (χ4n) is 2.13. The molecule has 0 aliphatic rings. The molecule has 1 aromatic heterocycles. The molecule has 4 heteroatoms. The fraction of sp³-hybridized carbons (Fsp3) is 0.643. The summed E-state index contributed by atoms with van der Waals surface area (Å²) in [5.41, 5.74) is 8.66. The molecule has 0 saturated heterocycles. The molecule has 18 heavy (non-hydrogen) atoms. The molecule has 3 N–H and O–H groups in total. The van der Waals surface area contributed by atoms with E-state index in [1.54, 1.807) is 4.68 Å². The minimum atomic E-state index is 0.0532. The van der Waals surface area contributed by atoms with Crippen molar-refractivity contribution in [1.82, 2.24) is 4.68 Å². The molecule has 0 fully saturated rings. The molecule has 0 saturated carbocycles. The number of nitrogens with two attached hydrogens (primary N) is 1. The second kappa shape index (κ2) is 6.59. The Morgan fingerprint density at radius 1 is 1.28 bits per heavy atom. The molecule has 0 aliphatic heterocycles. The Morgan fingerprint density at radius 3 is 2.39 bits per heavy atom. The van der Waals surface area contributed by atoms with Crippen LogP contribution in [0.1, 0.15) is 40.0 Å². The number of hydrogen-bond donors (Lipinski definition) is 2. The second-order valence-corrected chi connectivity index (χ2v) is 5.80. The molecule has 1 atom stereocenters. The highest BCUT2D eigenvalue weighted by Crippen LogP contribution is 2.31. The van der Waals surface area contributed by atoms with E-state index in [1.807, 2.05) is 24.5 Å². The van der Waals surface area contributed by atoms with Crippen LogP contribution in [-0.4, -0.2) is 17.1 Å². The number of rotatable bonds is 6. The maximum atomic E-state index is 11.8. The van der Waals surface area contributed by atoms with Gasteiger partial charge in [-0.25, -0.2) is 0 Å². The zero-order chi connectivity index (χ0) is 13.6. The quantitative estimate of drug-likeness (QED) is 0.815. The number of hydrogen-bond acceptors (Lipinski definition) is 2. The van der Waals surface area contributed by atoms with E-state index in [2.05, 4.69) is 26.2 Å². The number of aromatic nitrogens is 1. The monoisotopic (exact) mass is 251 g/mol. The van der Waals surface area contributed by atoms with E-state index in [9.17, 15) is 4.79 Å². The van der Waals surface area contributed by atoms with Crippen LogP contribution in [-0.2, 0) is 4.79 Å². The predicted molar refractivity (Wildman–Crippen MR) is 74.7 cm³/mol. The van der Waals surface area contributed by atoms with E-state index < -0.39 is 0 Å². The molecule has 0 aromatic carbocycles. The third-order valence-corrected chi connectivity index (χ3v) is 3.32. The van der Waals surface area contributed by atoms with E-state index in [0.29, 0.717) is 18.9 Å². The van der Waals surface area contributed by atoms with Crippen molar-refractivity contribution in [2.45, 2.75) is 40.0 Å². The summed E-state index contributed by atoms with van der Waals surface area (Å²) in [4.78, 5) is 11.8. The van der Waals surface area contributed by atoms with Crippen molar-refractivity contribution >= 4 is 5.91 Å². The van der Waals surface area contributed by atoms with Crippen molar-refractivity contribution in [3.63, 3.8) is 0 Å². The van der Waals surface area contributed by atoms with Crippen LogP contribution in [0.15, 0.2) is 24.5 Å². The zero-order valence-corrected chi connectivity index (χ0v) is 11.6. The van der Waals surface area contributed by atoms with Gasteiger partial charge in [-0.2, -0.15) is 0 Å². The van der Waals surface area contributed by atoms with Gasteiger partial charge in [-0.3, -0.25) is 14.9 Å². The smallest absolute Gasteiger partial charge is 0.238 e. The number of amides is 1. The lowest BCUT2D eigenvalue weighted by Crippen LogP contribution is -2.27. The van der Waals surface area contributed by atoms with Crippen LogP contribution in [0.4, 0.5) is 0 Å². The van der Waals surface area contributed by atoms with Gasteiger partial charge in [0.1, 0.15) is 0 Å². The third-order valence-electron chi connectivity index (χ3n) is 3.32. The summed E-state index contributed by atoms with van der Waals surface area (Å²) in [5.74, 6) is 0.537. The Labute approximate surface area is 110 Å². The van der Waals surface area contributed by atoms with E-state index >= 15 is 0 Å². The molecule has 102 valence electrons. The molecule has 1 amide bonds. The Bertz CT molecular complexity index is 352. The summed E-state index contributed by atoms with van der Waals surface area (Å²) in [7, 11) is 0. The second-order valence-electron chi connectivity index (χ2n) is 5.80. The molecule has 0 radical (unpaired) electrons. The Morgan fingerprint density at radius 2 is 1.89 bits per heavy atom. The first-order chi connectivity index (χ1) is 8.43. The van der Waals surface area contributed by atoms with Crippen molar-refractivity contribution in [1.29, 1.82) is 0 Å². The van der Waals surface area contributed by atoms with Gasteiger partial charge in [0.05, 0.1) is 0 Å². The van der Waals surface area contributed by atoms with Gasteiger partial charge in [-0.1, -0.05) is 20.8 Å². The van der Waals surface area contributed by atoms with Crippen molar-refractivity contribution in [3.8, 4) is 0 Å². The van der Waals surface area contributed by atoms with Crippen LogP contribution in [0.5, 0.6) is 0 Å². The molecule has 0 aliphatic carbocycles. The van der Waals surface area contributed by atoms with Crippen LogP contribution >= 0.6 is 0 Å². The minimum absolute atomic E-state index is 0.0532. The minimum Gasteiger partial charge on any atom is -0.330 e. The molecule has 1 rings (SSSR count). The average molecular weight is 251 g/mol. The predicted octanol–water partition coefficient (Wildman–Crippen LogP) is 2.35. The highest BCUT2D eigenvalue weighted by Gasteiger charge is 2.24. The zero-order valence-electron chi connectivity index (χ0n) is 11.6.